The fourth-order valence-corrected chi connectivity index (χ4v) is 3.34. The Balaban J connectivity index is 1.62. The number of ether oxygens (including phenoxy) is 1. The zero-order chi connectivity index (χ0) is 18.4. The molecule has 2 N–H and O–H groups in total. The van der Waals surface area contributed by atoms with Gasteiger partial charge in [0, 0.05) is 6.42 Å². The van der Waals surface area contributed by atoms with Gasteiger partial charge in [0.2, 0.25) is 0 Å². The van der Waals surface area contributed by atoms with Gasteiger partial charge in [-0.25, -0.2) is 0 Å². The molecule has 26 heavy (non-hydrogen) atoms. The molecule has 4 nitrogen and oxygen atoms in total. The van der Waals surface area contributed by atoms with E-state index in [9.17, 15) is 4.79 Å². The molecule has 0 fully saturated rings. The first kappa shape index (κ1) is 18.2. The van der Waals surface area contributed by atoms with Crippen molar-refractivity contribution >= 4 is 17.2 Å². The highest BCUT2D eigenvalue weighted by atomic mass is 16.5. The van der Waals surface area contributed by atoms with E-state index in [-0.39, 0.29) is 11.9 Å². The van der Waals surface area contributed by atoms with Crippen LogP contribution in [0.4, 0.5) is 5.69 Å². The summed E-state index contributed by atoms with van der Waals surface area (Å²) in [6.07, 6.45) is 3.26. The molecule has 0 saturated heterocycles. The molecule has 2 aromatic carbocycles. The van der Waals surface area contributed by atoms with E-state index in [0.29, 0.717) is 6.61 Å². The largest absolute Gasteiger partial charge is 0.492 e. The summed E-state index contributed by atoms with van der Waals surface area (Å²) in [6.45, 7) is 6.34. The van der Waals surface area contributed by atoms with E-state index in [1.165, 1.54) is 16.0 Å². The summed E-state index contributed by atoms with van der Waals surface area (Å²) in [5.74, 6) is 0.749. The van der Waals surface area contributed by atoms with Gasteiger partial charge < -0.3 is 15.0 Å². The average molecular weight is 351 g/mol. The Morgan fingerprint density at radius 1 is 1.15 bits per heavy atom. The van der Waals surface area contributed by atoms with E-state index >= 15 is 0 Å². The van der Waals surface area contributed by atoms with Gasteiger partial charge in [-0.3, -0.25) is 4.79 Å². The van der Waals surface area contributed by atoms with Crippen LogP contribution in [-0.4, -0.2) is 31.6 Å². The number of benzene rings is 2. The second-order valence-electron chi connectivity index (χ2n) is 6.60. The van der Waals surface area contributed by atoms with Crippen molar-refractivity contribution in [2.24, 2.45) is 0 Å². The van der Waals surface area contributed by atoms with Crippen LogP contribution in [0.3, 0.4) is 0 Å². The fourth-order valence-electron chi connectivity index (χ4n) is 3.34. The van der Waals surface area contributed by atoms with Crippen molar-refractivity contribution in [3.05, 3.63) is 66.2 Å². The van der Waals surface area contributed by atoms with Gasteiger partial charge in [0.15, 0.2) is 6.04 Å². The van der Waals surface area contributed by atoms with Crippen molar-refractivity contribution in [1.82, 2.24) is 0 Å². The Morgan fingerprint density at radius 3 is 2.58 bits per heavy atom. The van der Waals surface area contributed by atoms with Crippen molar-refractivity contribution in [3.63, 3.8) is 0 Å². The Bertz CT molecular complexity index is 771. The molecule has 3 rings (SSSR count). The van der Waals surface area contributed by atoms with Gasteiger partial charge in [-0.2, -0.15) is 0 Å². The second-order valence-corrected chi connectivity index (χ2v) is 6.60. The van der Waals surface area contributed by atoms with Gasteiger partial charge in [-0.15, -0.1) is 0 Å². The van der Waals surface area contributed by atoms with Crippen molar-refractivity contribution in [2.75, 3.05) is 25.0 Å². The molecule has 0 aromatic heterocycles. The third kappa shape index (κ3) is 4.33. The predicted octanol–water partition coefficient (Wildman–Crippen LogP) is 2.78. The number of hydrogen-bond donors (Lipinski definition) is 2. The summed E-state index contributed by atoms with van der Waals surface area (Å²) < 4.78 is 5.60. The topological polar surface area (TPSA) is 42.8 Å². The molecule has 1 aliphatic heterocycles. The molecule has 0 bridgehead atoms. The molecule has 1 aliphatic rings. The van der Waals surface area contributed by atoms with E-state index in [1.54, 1.807) is 0 Å². The summed E-state index contributed by atoms with van der Waals surface area (Å²) >= 11 is 0. The van der Waals surface area contributed by atoms with Gasteiger partial charge in [-0.05, 0) is 43.2 Å². The predicted molar refractivity (Wildman–Crippen MR) is 105 cm³/mol. The zero-order valence-electron chi connectivity index (χ0n) is 15.5. The fraction of sp³-hybridized carbons (Fsp3) is 0.318. The highest BCUT2D eigenvalue weighted by molar-refractivity contribution is 5.95. The first-order chi connectivity index (χ1) is 12.7. The van der Waals surface area contributed by atoms with E-state index < -0.39 is 0 Å². The maximum atomic E-state index is 12.7. The average Bonchev–Trinajstić information content (AvgIpc) is 2.70. The van der Waals surface area contributed by atoms with Crippen LogP contribution in [0.1, 0.15) is 25.8 Å². The number of rotatable bonds is 6. The Labute approximate surface area is 155 Å². The van der Waals surface area contributed by atoms with Crippen LogP contribution < -0.4 is 15.0 Å². The van der Waals surface area contributed by atoms with Gasteiger partial charge in [0.1, 0.15) is 5.75 Å². The smallest absolute Gasteiger partial charge is 0.282 e. The summed E-state index contributed by atoms with van der Waals surface area (Å²) in [7, 11) is 0. The van der Waals surface area contributed by atoms with Crippen molar-refractivity contribution in [2.45, 2.75) is 26.3 Å². The molecule has 0 radical (unpaired) electrons. The van der Waals surface area contributed by atoms with E-state index in [0.717, 1.165) is 30.9 Å². The first-order valence-corrected chi connectivity index (χ1v) is 9.30. The van der Waals surface area contributed by atoms with Gasteiger partial charge in [0.05, 0.1) is 25.4 Å². The number of quaternary nitrogens is 1. The third-order valence-electron chi connectivity index (χ3n) is 4.92. The van der Waals surface area contributed by atoms with E-state index in [1.807, 2.05) is 44.2 Å². The maximum Gasteiger partial charge on any atom is 0.282 e. The molecule has 2 atom stereocenters. The van der Waals surface area contributed by atoms with Crippen LogP contribution in [-0.2, 0) is 4.79 Å². The maximum absolute atomic E-state index is 12.7. The zero-order valence-corrected chi connectivity index (χ0v) is 15.5. The van der Waals surface area contributed by atoms with Crippen LogP contribution in [0.25, 0.3) is 5.57 Å². The number of nitrogens with one attached hydrogen (secondary N) is 2. The molecule has 0 spiro atoms. The molecule has 2 aromatic rings. The molecule has 0 saturated carbocycles. The number of para-hydroxylation sites is 2. The minimum atomic E-state index is -0.113. The lowest BCUT2D eigenvalue weighted by Crippen LogP contribution is -3.17. The standard InChI is InChI=1S/C22H26N2O2/c1-3-26-21-12-8-7-11-20(21)23-22(25)17(2)24-15-13-19(14-16-24)18-9-5-4-6-10-18/h4-13,17H,3,14-16H2,1-2H3,(H,23,25)/p+1/t17-/m1/s1. The lowest BCUT2D eigenvalue weighted by atomic mass is 9.99. The first-order valence-electron chi connectivity index (χ1n) is 9.30. The molecule has 4 heteroatoms. The molecule has 1 heterocycles. The van der Waals surface area contributed by atoms with Crippen LogP contribution in [0.5, 0.6) is 5.75 Å². The van der Waals surface area contributed by atoms with Crippen molar-refractivity contribution in [1.29, 1.82) is 0 Å². The molecule has 1 unspecified atom stereocenters. The lowest BCUT2D eigenvalue weighted by molar-refractivity contribution is -0.909. The van der Waals surface area contributed by atoms with E-state index in [2.05, 4.69) is 35.7 Å². The minimum absolute atomic E-state index is 0.0312. The molecular formula is C22H27N2O2+. The highest BCUT2D eigenvalue weighted by Crippen LogP contribution is 2.23. The summed E-state index contributed by atoms with van der Waals surface area (Å²) in [6, 6.07) is 18.0. The molecule has 1 amide bonds. The molecule has 136 valence electrons. The number of amides is 1. The number of hydrogen-bond acceptors (Lipinski definition) is 2. The Hall–Kier alpha value is -2.59. The van der Waals surface area contributed by atoms with Gasteiger partial charge in [-0.1, -0.05) is 42.5 Å². The minimum Gasteiger partial charge on any atom is -0.492 e. The van der Waals surface area contributed by atoms with Crippen LogP contribution in [0.15, 0.2) is 60.7 Å². The third-order valence-corrected chi connectivity index (χ3v) is 4.92. The summed E-state index contributed by atoms with van der Waals surface area (Å²) in [4.78, 5) is 14.0. The van der Waals surface area contributed by atoms with Crippen LogP contribution >= 0.6 is 0 Å². The lowest BCUT2D eigenvalue weighted by Gasteiger charge is -2.28. The SMILES string of the molecule is CCOc1ccccc1NC(=O)[C@@H](C)[NH+]1CC=C(c2ccccc2)CC1. The van der Waals surface area contributed by atoms with Crippen molar-refractivity contribution in [3.8, 4) is 5.75 Å². The quantitative estimate of drug-likeness (QED) is 0.840. The van der Waals surface area contributed by atoms with Crippen LogP contribution in [0.2, 0.25) is 0 Å². The monoisotopic (exact) mass is 351 g/mol. The number of carbonyl (C=O) groups is 1. The second kappa shape index (κ2) is 8.68. The van der Waals surface area contributed by atoms with Crippen LogP contribution in [0, 0.1) is 0 Å². The highest BCUT2D eigenvalue weighted by Gasteiger charge is 2.27. The van der Waals surface area contributed by atoms with Crippen molar-refractivity contribution < 1.29 is 14.4 Å². The van der Waals surface area contributed by atoms with E-state index in [4.69, 9.17) is 4.74 Å². The molecule has 0 aliphatic carbocycles. The Kier molecular flexibility index (Phi) is 6.08. The summed E-state index contributed by atoms with van der Waals surface area (Å²) in [5, 5.41) is 3.03. The van der Waals surface area contributed by atoms with Gasteiger partial charge in [0.25, 0.3) is 5.91 Å². The Morgan fingerprint density at radius 2 is 1.88 bits per heavy atom. The number of carbonyl (C=O) groups excluding carboxylic acids is 1. The number of anilines is 1. The van der Waals surface area contributed by atoms with Gasteiger partial charge >= 0.3 is 0 Å². The normalized spacial score (nSPS) is 17.9. The summed E-state index contributed by atoms with van der Waals surface area (Å²) in [5.41, 5.74) is 3.40. The molecular weight excluding hydrogens is 324 g/mol.